The summed E-state index contributed by atoms with van der Waals surface area (Å²) in [4.78, 5) is 32.9. The van der Waals surface area contributed by atoms with Crippen molar-refractivity contribution in [3.05, 3.63) is 105 Å². The summed E-state index contributed by atoms with van der Waals surface area (Å²) in [7, 11) is 0. The van der Waals surface area contributed by atoms with Crippen LogP contribution in [0.1, 0.15) is 45.8 Å². The summed E-state index contributed by atoms with van der Waals surface area (Å²) in [6, 6.07) is 18.2. The molecule has 0 bridgehead atoms. The Hall–Kier alpha value is -3.73. The SMILES string of the molecule is CCc1ccc(C2c3c(oc4ccccc4c3=O)C(=O)N2c2ccc(C)cn2)cc1. The van der Waals surface area contributed by atoms with Crippen molar-refractivity contribution in [3.8, 4) is 0 Å². The van der Waals surface area contributed by atoms with Gasteiger partial charge < -0.3 is 4.42 Å². The largest absolute Gasteiger partial charge is 0.450 e. The molecular weight excluding hydrogens is 376 g/mol. The van der Waals surface area contributed by atoms with Crippen LogP contribution in [0.4, 0.5) is 5.82 Å². The predicted molar refractivity (Wildman–Crippen MR) is 116 cm³/mol. The minimum absolute atomic E-state index is 0.0886. The molecular formula is C25H20N2O3. The molecule has 1 amide bonds. The zero-order chi connectivity index (χ0) is 20.8. The first kappa shape index (κ1) is 18.3. The summed E-state index contributed by atoms with van der Waals surface area (Å²) in [5.74, 6) is 0.226. The zero-order valence-corrected chi connectivity index (χ0v) is 16.8. The van der Waals surface area contributed by atoms with E-state index in [0.717, 1.165) is 17.5 Å². The molecule has 0 N–H and O–H groups in total. The second-order valence-corrected chi connectivity index (χ2v) is 7.54. The lowest BCUT2D eigenvalue weighted by Gasteiger charge is -2.24. The molecule has 0 spiro atoms. The highest BCUT2D eigenvalue weighted by molar-refractivity contribution is 6.10. The molecule has 0 radical (unpaired) electrons. The van der Waals surface area contributed by atoms with Crippen LogP contribution in [0, 0.1) is 6.92 Å². The average Bonchev–Trinajstić information content (AvgIpc) is 3.07. The van der Waals surface area contributed by atoms with Gasteiger partial charge in [-0.15, -0.1) is 0 Å². The Balaban J connectivity index is 1.78. The lowest BCUT2D eigenvalue weighted by molar-refractivity contribution is 0.0970. The molecule has 0 saturated heterocycles. The van der Waals surface area contributed by atoms with Crippen molar-refractivity contribution in [1.82, 2.24) is 4.98 Å². The predicted octanol–water partition coefficient (Wildman–Crippen LogP) is 4.81. The third kappa shape index (κ3) is 2.74. The van der Waals surface area contributed by atoms with Crippen molar-refractivity contribution in [2.45, 2.75) is 26.3 Å². The van der Waals surface area contributed by atoms with E-state index in [1.807, 2.05) is 37.3 Å². The fourth-order valence-corrected chi connectivity index (χ4v) is 4.01. The number of carbonyl (C=O) groups excluding carboxylic acids is 1. The number of hydrogen-bond donors (Lipinski definition) is 0. The standard InChI is InChI=1S/C25H20N2O3/c1-3-16-9-11-17(12-10-16)22-21-23(28)18-6-4-5-7-19(18)30-24(21)25(29)27(22)20-13-8-15(2)14-26-20/h4-14,22H,3H2,1-2H3. The van der Waals surface area contributed by atoms with Gasteiger partial charge in [-0.25, -0.2) is 4.98 Å². The number of anilines is 1. The number of nitrogens with zero attached hydrogens (tertiary/aromatic N) is 2. The van der Waals surface area contributed by atoms with Crippen LogP contribution in [-0.2, 0) is 6.42 Å². The minimum Gasteiger partial charge on any atom is -0.450 e. The van der Waals surface area contributed by atoms with Gasteiger partial charge >= 0.3 is 0 Å². The Bertz CT molecular complexity index is 1320. The second-order valence-electron chi connectivity index (χ2n) is 7.54. The van der Waals surface area contributed by atoms with Crippen LogP contribution < -0.4 is 10.3 Å². The number of hydrogen-bond acceptors (Lipinski definition) is 4. The van der Waals surface area contributed by atoms with E-state index in [4.69, 9.17) is 4.42 Å². The molecule has 5 nitrogen and oxygen atoms in total. The maximum absolute atomic E-state index is 13.4. The first-order chi connectivity index (χ1) is 14.6. The summed E-state index contributed by atoms with van der Waals surface area (Å²) in [5, 5.41) is 0.470. The molecule has 30 heavy (non-hydrogen) atoms. The van der Waals surface area contributed by atoms with Gasteiger partial charge in [0, 0.05) is 6.20 Å². The van der Waals surface area contributed by atoms with Gasteiger partial charge in [-0.1, -0.05) is 49.4 Å². The van der Waals surface area contributed by atoms with E-state index in [0.29, 0.717) is 22.4 Å². The molecule has 0 fully saturated rings. The first-order valence-electron chi connectivity index (χ1n) is 9.99. The van der Waals surface area contributed by atoms with Crippen molar-refractivity contribution in [2.75, 3.05) is 4.90 Å². The molecule has 4 aromatic rings. The minimum atomic E-state index is -0.588. The summed E-state index contributed by atoms with van der Waals surface area (Å²) in [6.07, 6.45) is 2.63. The molecule has 0 aliphatic carbocycles. The number of amides is 1. The Morgan fingerprint density at radius 2 is 1.77 bits per heavy atom. The van der Waals surface area contributed by atoms with E-state index in [9.17, 15) is 9.59 Å². The number of aromatic nitrogens is 1. The molecule has 1 aliphatic rings. The van der Waals surface area contributed by atoms with Crippen LogP contribution in [0.25, 0.3) is 11.0 Å². The lowest BCUT2D eigenvalue weighted by Crippen LogP contribution is -2.30. The van der Waals surface area contributed by atoms with E-state index in [1.165, 1.54) is 5.56 Å². The number of benzene rings is 2. The van der Waals surface area contributed by atoms with Crippen LogP contribution in [0.15, 0.2) is 76.1 Å². The average molecular weight is 396 g/mol. The Labute approximate surface area is 173 Å². The van der Waals surface area contributed by atoms with Crippen molar-refractivity contribution in [2.24, 2.45) is 0 Å². The van der Waals surface area contributed by atoms with Crippen molar-refractivity contribution in [3.63, 3.8) is 0 Å². The molecule has 0 saturated carbocycles. The third-order valence-electron chi connectivity index (χ3n) is 5.62. The van der Waals surface area contributed by atoms with Gasteiger partial charge in [0.25, 0.3) is 5.91 Å². The fourth-order valence-electron chi connectivity index (χ4n) is 4.01. The smallest absolute Gasteiger partial charge is 0.296 e. The number of aryl methyl sites for hydroxylation is 2. The normalized spacial score (nSPS) is 15.6. The van der Waals surface area contributed by atoms with Crippen LogP contribution >= 0.6 is 0 Å². The summed E-state index contributed by atoms with van der Waals surface area (Å²) < 4.78 is 5.95. The highest BCUT2D eigenvalue weighted by Crippen LogP contribution is 2.40. The van der Waals surface area contributed by atoms with E-state index in [-0.39, 0.29) is 17.1 Å². The van der Waals surface area contributed by atoms with E-state index < -0.39 is 6.04 Å². The zero-order valence-electron chi connectivity index (χ0n) is 16.8. The van der Waals surface area contributed by atoms with Gasteiger partial charge in [0.2, 0.25) is 5.76 Å². The molecule has 2 aromatic carbocycles. The van der Waals surface area contributed by atoms with Crippen LogP contribution in [0.2, 0.25) is 0 Å². The molecule has 1 unspecified atom stereocenters. The highest BCUT2D eigenvalue weighted by Gasteiger charge is 2.44. The Morgan fingerprint density at radius 1 is 1.00 bits per heavy atom. The van der Waals surface area contributed by atoms with E-state index in [1.54, 1.807) is 41.4 Å². The third-order valence-corrected chi connectivity index (χ3v) is 5.62. The van der Waals surface area contributed by atoms with Gasteiger partial charge in [0.15, 0.2) is 5.43 Å². The van der Waals surface area contributed by atoms with Crippen LogP contribution in [0.5, 0.6) is 0 Å². The maximum atomic E-state index is 13.4. The monoisotopic (exact) mass is 396 g/mol. The molecule has 148 valence electrons. The Morgan fingerprint density at radius 3 is 2.47 bits per heavy atom. The van der Waals surface area contributed by atoms with Gasteiger partial charge in [-0.05, 0) is 48.2 Å². The number of carbonyl (C=O) groups is 1. The van der Waals surface area contributed by atoms with Crippen molar-refractivity contribution >= 4 is 22.7 Å². The second kappa shape index (κ2) is 6.95. The van der Waals surface area contributed by atoms with Crippen molar-refractivity contribution < 1.29 is 9.21 Å². The lowest BCUT2D eigenvalue weighted by atomic mass is 9.97. The van der Waals surface area contributed by atoms with Gasteiger partial charge in [0.05, 0.1) is 17.0 Å². The highest BCUT2D eigenvalue weighted by atomic mass is 16.3. The van der Waals surface area contributed by atoms with Gasteiger partial charge in [0.1, 0.15) is 11.4 Å². The number of para-hydroxylation sites is 1. The topological polar surface area (TPSA) is 63.4 Å². The van der Waals surface area contributed by atoms with E-state index >= 15 is 0 Å². The quantitative estimate of drug-likeness (QED) is 0.499. The number of fused-ring (bicyclic) bond motifs is 2. The van der Waals surface area contributed by atoms with Crippen LogP contribution in [-0.4, -0.2) is 10.9 Å². The number of pyridine rings is 1. The molecule has 3 heterocycles. The van der Waals surface area contributed by atoms with Gasteiger partial charge in [-0.3, -0.25) is 14.5 Å². The van der Waals surface area contributed by atoms with Gasteiger partial charge in [-0.2, -0.15) is 0 Å². The molecule has 2 aromatic heterocycles. The molecule has 1 atom stereocenters. The summed E-state index contributed by atoms with van der Waals surface area (Å²) >= 11 is 0. The summed E-state index contributed by atoms with van der Waals surface area (Å²) in [5.41, 5.74) is 3.63. The van der Waals surface area contributed by atoms with E-state index in [2.05, 4.69) is 11.9 Å². The Kier molecular flexibility index (Phi) is 4.24. The molecule has 1 aliphatic heterocycles. The van der Waals surface area contributed by atoms with Crippen molar-refractivity contribution in [1.29, 1.82) is 0 Å². The first-order valence-corrected chi connectivity index (χ1v) is 9.99. The number of rotatable bonds is 3. The summed E-state index contributed by atoms with van der Waals surface area (Å²) in [6.45, 7) is 4.03. The molecule has 5 rings (SSSR count). The molecule has 5 heteroatoms. The maximum Gasteiger partial charge on any atom is 0.296 e. The fraction of sp³-hybridized carbons (Fsp3) is 0.160. The van der Waals surface area contributed by atoms with Crippen LogP contribution in [0.3, 0.4) is 0 Å².